The van der Waals surface area contributed by atoms with E-state index in [1.165, 1.54) is 18.2 Å². The van der Waals surface area contributed by atoms with Gasteiger partial charge in [-0.2, -0.15) is 0 Å². The van der Waals surface area contributed by atoms with Crippen LogP contribution < -0.4 is 5.73 Å². The number of ketones is 2. The fourth-order valence-electron chi connectivity index (χ4n) is 3.39. The Morgan fingerprint density at radius 3 is 2.23 bits per heavy atom. The van der Waals surface area contributed by atoms with Crippen LogP contribution in [0.2, 0.25) is 5.02 Å². The molecule has 0 saturated carbocycles. The zero-order valence-electron chi connectivity index (χ0n) is 16.0. The minimum absolute atomic E-state index is 0.0335. The Morgan fingerprint density at radius 1 is 0.839 bits per heavy atom. The lowest BCUT2D eigenvalue weighted by molar-refractivity contribution is 0.103. The van der Waals surface area contributed by atoms with Gasteiger partial charge in [-0.25, -0.2) is 8.78 Å². The molecule has 4 rings (SSSR count). The van der Waals surface area contributed by atoms with Gasteiger partial charge in [0.25, 0.3) is 0 Å². The predicted octanol–water partition coefficient (Wildman–Crippen LogP) is 5.66. The summed E-state index contributed by atoms with van der Waals surface area (Å²) in [6.07, 6.45) is 0. The molecule has 0 bridgehead atoms. The van der Waals surface area contributed by atoms with E-state index in [0.29, 0.717) is 16.7 Å². The maximum absolute atomic E-state index is 14.8. The van der Waals surface area contributed by atoms with E-state index in [0.717, 1.165) is 6.07 Å². The Bertz CT molecular complexity index is 1320. The molecule has 1 aromatic heterocycles. The van der Waals surface area contributed by atoms with Crippen LogP contribution in [-0.2, 0) is 0 Å². The molecule has 4 aromatic rings. The molecule has 0 saturated heterocycles. The maximum Gasteiger partial charge on any atom is 0.209 e. The van der Waals surface area contributed by atoms with Crippen molar-refractivity contribution in [1.29, 1.82) is 0 Å². The van der Waals surface area contributed by atoms with Crippen LogP contribution in [0.4, 0.5) is 14.6 Å². The molecule has 3 N–H and O–H groups in total. The van der Waals surface area contributed by atoms with Crippen LogP contribution in [0.3, 0.4) is 0 Å². The number of carbonyl (C=O) groups is 2. The lowest BCUT2D eigenvalue weighted by Gasteiger charge is -2.09. The standard InChI is InChI=1S/C24H15ClF2N2O2/c25-15-8-4-7-14(11-15)22(30)20-19(17-10-9-16(26)12-18(17)27)21(29-24(20)28)23(31)13-5-2-1-3-6-13/h1-12,29H,28H2. The van der Waals surface area contributed by atoms with Gasteiger partial charge in [-0.15, -0.1) is 0 Å². The van der Waals surface area contributed by atoms with Crippen molar-refractivity contribution >= 4 is 29.0 Å². The third kappa shape index (κ3) is 3.85. The van der Waals surface area contributed by atoms with Gasteiger partial charge in [-0.1, -0.05) is 54.1 Å². The van der Waals surface area contributed by atoms with Crippen LogP contribution in [0.1, 0.15) is 32.0 Å². The number of carbonyl (C=O) groups excluding carboxylic acids is 2. The highest BCUT2D eigenvalue weighted by molar-refractivity contribution is 6.31. The summed E-state index contributed by atoms with van der Waals surface area (Å²) < 4.78 is 28.3. The van der Waals surface area contributed by atoms with Crippen molar-refractivity contribution in [3.8, 4) is 11.1 Å². The number of nitrogens with one attached hydrogen (secondary N) is 1. The molecule has 0 amide bonds. The zero-order chi connectivity index (χ0) is 22.1. The number of rotatable bonds is 5. The van der Waals surface area contributed by atoms with Crippen molar-refractivity contribution in [2.45, 2.75) is 0 Å². The van der Waals surface area contributed by atoms with E-state index in [4.69, 9.17) is 17.3 Å². The number of H-pyrrole nitrogens is 1. The van der Waals surface area contributed by atoms with E-state index in [1.807, 2.05) is 0 Å². The number of aromatic nitrogens is 1. The van der Waals surface area contributed by atoms with Gasteiger partial charge in [0.1, 0.15) is 17.5 Å². The average molecular weight is 437 g/mol. The van der Waals surface area contributed by atoms with Crippen molar-refractivity contribution in [2.24, 2.45) is 0 Å². The smallest absolute Gasteiger partial charge is 0.209 e. The SMILES string of the molecule is Nc1[nH]c(C(=O)c2ccccc2)c(-c2ccc(F)cc2F)c1C(=O)c1cccc(Cl)c1. The normalized spacial score (nSPS) is 10.8. The molecule has 0 aliphatic heterocycles. The second kappa shape index (κ2) is 8.16. The third-order valence-electron chi connectivity index (χ3n) is 4.81. The Hall–Kier alpha value is -3.77. The topological polar surface area (TPSA) is 76.0 Å². The summed E-state index contributed by atoms with van der Waals surface area (Å²) in [7, 11) is 0. The van der Waals surface area contributed by atoms with Gasteiger partial charge in [-0.3, -0.25) is 9.59 Å². The highest BCUT2D eigenvalue weighted by atomic mass is 35.5. The number of benzene rings is 3. The van der Waals surface area contributed by atoms with Gasteiger partial charge in [-0.05, 0) is 24.3 Å². The van der Waals surface area contributed by atoms with Crippen LogP contribution in [0.5, 0.6) is 0 Å². The summed E-state index contributed by atoms with van der Waals surface area (Å²) in [4.78, 5) is 29.2. The molecule has 31 heavy (non-hydrogen) atoms. The molecule has 7 heteroatoms. The van der Waals surface area contributed by atoms with E-state index >= 15 is 0 Å². The molecular weight excluding hydrogens is 422 g/mol. The number of hydrogen-bond acceptors (Lipinski definition) is 3. The molecule has 0 fully saturated rings. The summed E-state index contributed by atoms with van der Waals surface area (Å²) in [5, 5.41) is 0.329. The Morgan fingerprint density at radius 2 is 1.55 bits per heavy atom. The van der Waals surface area contributed by atoms with Gasteiger partial charge in [0.2, 0.25) is 5.78 Å². The number of hydrogen-bond donors (Lipinski definition) is 2. The summed E-state index contributed by atoms with van der Waals surface area (Å²) in [5.41, 5.74) is 6.30. The molecule has 0 aliphatic rings. The van der Waals surface area contributed by atoms with Gasteiger partial charge in [0.15, 0.2) is 5.78 Å². The second-order valence-corrected chi connectivity index (χ2v) is 7.26. The summed E-state index contributed by atoms with van der Waals surface area (Å²) in [6.45, 7) is 0. The monoisotopic (exact) mass is 436 g/mol. The molecule has 4 nitrogen and oxygen atoms in total. The van der Waals surface area contributed by atoms with Crippen LogP contribution in [0.15, 0.2) is 72.8 Å². The van der Waals surface area contributed by atoms with E-state index in [-0.39, 0.29) is 33.8 Å². The molecule has 0 atom stereocenters. The molecule has 1 heterocycles. The number of aromatic amines is 1. The first kappa shape index (κ1) is 20.5. The largest absolute Gasteiger partial charge is 0.385 e. The minimum atomic E-state index is -0.929. The highest BCUT2D eigenvalue weighted by Gasteiger charge is 2.29. The maximum atomic E-state index is 14.8. The zero-order valence-corrected chi connectivity index (χ0v) is 16.7. The van der Waals surface area contributed by atoms with Gasteiger partial charge in [0.05, 0.1) is 11.3 Å². The van der Waals surface area contributed by atoms with Gasteiger partial charge < -0.3 is 10.7 Å². The summed E-state index contributed by atoms with van der Waals surface area (Å²) in [5.74, 6) is -2.87. The second-order valence-electron chi connectivity index (χ2n) is 6.82. The Kier molecular flexibility index (Phi) is 5.40. The first-order valence-electron chi connectivity index (χ1n) is 9.23. The molecule has 0 radical (unpaired) electrons. The van der Waals surface area contributed by atoms with E-state index < -0.39 is 23.2 Å². The van der Waals surface area contributed by atoms with Crippen molar-refractivity contribution in [1.82, 2.24) is 4.98 Å². The first-order chi connectivity index (χ1) is 14.9. The number of anilines is 1. The van der Waals surface area contributed by atoms with Gasteiger partial charge in [0, 0.05) is 33.3 Å². The number of nitrogens with two attached hydrogens (primary N) is 1. The predicted molar refractivity (Wildman–Crippen MR) is 115 cm³/mol. The average Bonchev–Trinajstić information content (AvgIpc) is 3.10. The molecule has 0 spiro atoms. The molecule has 3 aromatic carbocycles. The van der Waals surface area contributed by atoms with Crippen LogP contribution in [0, 0.1) is 11.6 Å². The van der Waals surface area contributed by atoms with E-state index in [9.17, 15) is 18.4 Å². The number of nitrogen functional groups attached to an aromatic ring is 1. The van der Waals surface area contributed by atoms with Crippen molar-refractivity contribution in [3.63, 3.8) is 0 Å². The molecule has 0 aliphatic carbocycles. The van der Waals surface area contributed by atoms with Gasteiger partial charge >= 0.3 is 0 Å². The van der Waals surface area contributed by atoms with E-state index in [1.54, 1.807) is 42.5 Å². The van der Waals surface area contributed by atoms with E-state index in [2.05, 4.69) is 4.98 Å². The van der Waals surface area contributed by atoms with Crippen LogP contribution in [0.25, 0.3) is 11.1 Å². The first-order valence-corrected chi connectivity index (χ1v) is 9.61. The lowest BCUT2D eigenvalue weighted by atomic mass is 9.92. The van der Waals surface area contributed by atoms with Crippen molar-refractivity contribution < 1.29 is 18.4 Å². The highest BCUT2D eigenvalue weighted by Crippen LogP contribution is 2.36. The van der Waals surface area contributed by atoms with Crippen molar-refractivity contribution in [3.05, 3.63) is 112 Å². The quantitative estimate of drug-likeness (QED) is 0.396. The number of halogens is 3. The molecular formula is C24H15ClF2N2O2. The van der Waals surface area contributed by atoms with Crippen LogP contribution >= 0.6 is 11.6 Å². The Labute approximate surface area is 181 Å². The fraction of sp³-hybridized carbons (Fsp3) is 0. The molecule has 154 valence electrons. The Balaban J connectivity index is 1.98. The van der Waals surface area contributed by atoms with Crippen LogP contribution in [-0.4, -0.2) is 16.6 Å². The summed E-state index contributed by atoms with van der Waals surface area (Å²) >= 11 is 6.00. The minimum Gasteiger partial charge on any atom is -0.385 e. The lowest BCUT2D eigenvalue weighted by Crippen LogP contribution is -2.07. The van der Waals surface area contributed by atoms with Crippen molar-refractivity contribution in [2.75, 3.05) is 5.73 Å². The third-order valence-corrected chi connectivity index (χ3v) is 5.04. The summed E-state index contributed by atoms with van der Waals surface area (Å²) in [6, 6.07) is 17.3. The molecule has 0 unspecified atom stereocenters. The fourth-order valence-corrected chi connectivity index (χ4v) is 3.59.